The molecule has 3 unspecified atom stereocenters. The maximum Gasteiger partial charge on any atom is 0.479 e. The number of halogens is 1. The fraction of sp³-hybridized carbons (Fsp3) is 1.00. The van der Waals surface area contributed by atoms with Crippen LogP contribution in [0.4, 0.5) is 0 Å². The molecule has 0 aromatic rings. The summed E-state index contributed by atoms with van der Waals surface area (Å²) in [5.41, 5.74) is 6.79. The molecule has 1 saturated heterocycles. The highest BCUT2D eigenvalue weighted by atomic mass is 35.5. The topological polar surface area (TPSA) is 68.8 Å². The highest BCUT2D eigenvalue weighted by molar-refractivity contribution is 6.60. The third-order valence-electron chi connectivity index (χ3n) is 5.59. The monoisotopic (exact) mass is 284 g/mol. The number of nitrogens with zero attached hydrogens (tertiary/aromatic N) is 2. The highest BCUT2D eigenvalue weighted by Crippen LogP contribution is 2.65. The first-order valence-electron chi connectivity index (χ1n) is 6.90. The zero-order chi connectivity index (χ0) is 13.8. The zero-order valence-electron chi connectivity index (χ0n) is 11.6. The number of alkyl halides is 1. The van der Waals surface area contributed by atoms with Gasteiger partial charge >= 0.3 is 7.12 Å². The molecular formula is C12H20BClN3O2+. The van der Waals surface area contributed by atoms with Crippen molar-refractivity contribution in [3.63, 3.8) is 0 Å². The smallest absolute Gasteiger partial charge is 0.404 e. The van der Waals surface area contributed by atoms with Gasteiger partial charge in [0, 0.05) is 0 Å². The van der Waals surface area contributed by atoms with Crippen LogP contribution < -0.4 is 4.91 Å². The molecule has 19 heavy (non-hydrogen) atoms. The minimum absolute atomic E-state index is 0.142. The fourth-order valence-electron chi connectivity index (χ4n) is 4.26. The van der Waals surface area contributed by atoms with Crippen molar-refractivity contribution < 1.29 is 9.31 Å². The Labute approximate surface area is 118 Å². The van der Waals surface area contributed by atoms with Gasteiger partial charge in [-0.25, -0.2) is 0 Å². The molecule has 7 heteroatoms. The zero-order valence-corrected chi connectivity index (χ0v) is 12.4. The van der Waals surface area contributed by atoms with Crippen molar-refractivity contribution in [3.05, 3.63) is 0 Å². The Morgan fingerprint density at radius 1 is 1.47 bits per heavy atom. The molecular weight excluding hydrogens is 264 g/mol. The van der Waals surface area contributed by atoms with Crippen LogP contribution >= 0.6 is 11.6 Å². The normalized spacial score (nSPS) is 44.0. The van der Waals surface area contributed by atoms with Crippen molar-refractivity contribution >= 4 is 18.7 Å². The molecule has 0 aromatic heterocycles. The standard InChI is InChI=1S/C12H20BClN3O2/c1-11(2)7-4-8(11)12(3)9(5-7)18-13(19-12)10(14)6-16-17-15/h7-10,15H,4-6H2,1-3H3/q+1/t7?,8?,9?,10-,12+/m0/s1. The maximum atomic E-state index is 6.68. The summed E-state index contributed by atoms with van der Waals surface area (Å²) in [6.07, 6.45) is 2.43. The van der Waals surface area contributed by atoms with Crippen LogP contribution in [-0.4, -0.2) is 30.6 Å². The predicted molar refractivity (Wildman–Crippen MR) is 71.9 cm³/mol. The summed E-state index contributed by atoms with van der Waals surface area (Å²) >= 11 is 6.24. The SMILES string of the molecule is CC1(C)C2CC3OB([C@@H](Cl)CN=[N+]=N)O[C@]3(C)C1C2. The molecule has 4 rings (SSSR count). The van der Waals surface area contributed by atoms with Crippen LogP contribution in [0.3, 0.4) is 0 Å². The molecule has 3 aliphatic carbocycles. The van der Waals surface area contributed by atoms with Gasteiger partial charge in [0.05, 0.1) is 17.0 Å². The van der Waals surface area contributed by atoms with Crippen LogP contribution in [0.1, 0.15) is 33.6 Å². The van der Waals surface area contributed by atoms with Gasteiger partial charge < -0.3 is 9.31 Å². The van der Waals surface area contributed by atoms with E-state index in [1.165, 1.54) is 6.42 Å². The third-order valence-corrected chi connectivity index (χ3v) is 5.93. The molecule has 0 spiro atoms. The van der Waals surface area contributed by atoms with Crippen LogP contribution in [-0.2, 0) is 9.31 Å². The first-order valence-corrected chi connectivity index (χ1v) is 7.33. The summed E-state index contributed by atoms with van der Waals surface area (Å²) in [5.74, 6) is 1.27. The second kappa shape index (κ2) is 4.29. The summed E-state index contributed by atoms with van der Waals surface area (Å²) < 4.78 is 12.2. The van der Waals surface area contributed by atoms with Crippen molar-refractivity contribution in [1.82, 2.24) is 4.91 Å². The Morgan fingerprint density at radius 3 is 2.84 bits per heavy atom. The van der Waals surface area contributed by atoms with Gasteiger partial charge in [-0.3, -0.25) is 0 Å². The van der Waals surface area contributed by atoms with E-state index in [2.05, 4.69) is 30.8 Å². The third kappa shape index (κ3) is 1.81. The Hall–Kier alpha value is -0.415. The van der Waals surface area contributed by atoms with E-state index in [4.69, 9.17) is 26.4 Å². The van der Waals surface area contributed by atoms with Gasteiger partial charge in [-0.2, -0.15) is 0 Å². The minimum Gasteiger partial charge on any atom is -0.404 e. The number of hydrogen-bond donors (Lipinski definition) is 1. The van der Waals surface area contributed by atoms with E-state index in [9.17, 15) is 0 Å². The Bertz CT molecular complexity index is 443. The summed E-state index contributed by atoms with van der Waals surface area (Å²) in [4.78, 5) is 2.98. The van der Waals surface area contributed by atoms with E-state index in [0.29, 0.717) is 11.3 Å². The van der Waals surface area contributed by atoms with Gasteiger partial charge in [-0.05, 0) is 37.0 Å². The molecule has 0 aromatic carbocycles. The Kier molecular flexibility index (Phi) is 3.06. The van der Waals surface area contributed by atoms with Gasteiger partial charge in [0.2, 0.25) is 4.91 Å². The molecule has 0 amide bonds. The van der Waals surface area contributed by atoms with E-state index in [0.717, 1.165) is 12.3 Å². The largest absolute Gasteiger partial charge is 0.479 e. The lowest BCUT2D eigenvalue weighted by Gasteiger charge is -2.64. The van der Waals surface area contributed by atoms with Crippen molar-refractivity contribution in [2.45, 2.75) is 50.6 Å². The van der Waals surface area contributed by atoms with E-state index >= 15 is 0 Å². The van der Waals surface area contributed by atoms with E-state index in [1.807, 2.05) is 0 Å². The second-order valence-electron chi connectivity index (χ2n) is 6.78. The van der Waals surface area contributed by atoms with Crippen LogP contribution in [0.15, 0.2) is 5.11 Å². The molecule has 3 saturated carbocycles. The van der Waals surface area contributed by atoms with E-state index in [-0.39, 0.29) is 23.5 Å². The number of rotatable bonds is 3. The van der Waals surface area contributed by atoms with Crippen LogP contribution in [0.2, 0.25) is 0 Å². The fourth-order valence-corrected chi connectivity index (χ4v) is 4.43. The maximum absolute atomic E-state index is 6.68. The molecule has 4 fully saturated rings. The molecule has 0 radical (unpaired) electrons. The van der Waals surface area contributed by atoms with Crippen LogP contribution in [0.5, 0.6) is 0 Å². The number of nitrogens with one attached hydrogen (secondary N) is 1. The summed E-state index contributed by atoms with van der Waals surface area (Å²) in [6.45, 7) is 7.08. The quantitative estimate of drug-likeness (QED) is 0.374. The Balaban J connectivity index is 1.75. The van der Waals surface area contributed by atoms with Gasteiger partial charge in [0.15, 0.2) is 0 Å². The highest BCUT2D eigenvalue weighted by Gasteiger charge is 2.68. The number of hydrogen-bond acceptors (Lipinski definition) is 4. The molecule has 5 nitrogen and oxygen atoms in total. The molecule has 1 N–H and O–H groups in total. The average Bonchev–Trinajstić information content (AvgIpc) is 2.72. The molecule has 104 valence electrons. The van der Waals surface area contributed by atoms with E-state index < -0.39 is 7.12 Å². The first-order chi connectivity index (χ1) is 8.89. The van der Waals surface area contributed by atoms with Crippen LogP contribution in [0, 0.1) is 22.8 Å². The summed E-state index contributed by atoms with van der Waals surface area (Å²) in [5, 5.41) is 3.24. The van der Waals surface area contributed by atoms with Gasteiger partial charge in [-0.15, -0.1) is 11.6 Å². The molecule has 1 heterocycles. The van der Waals surface area contributed by atoms with Crippen molar-refractivity contribution in [3.8, 4) is 0 Å². The lowest BCUT2D eigenvalue weighted by Crippen LogP contribution is -2.65. The van der Waals surface area contributed by atoms with Gasteiger partial charge in [0.1, 0.15) is 17.2 Å². The average molecular weight is 285 g/mol. The van der Waals surface area contributed by atoms with Crippen LogP contribution in [0.25, 0.3) is 0 Å². The summed E-state index contributed by atoms with van der Waals surface area (Å²) in [7, 11) is -0.433. The van der Waals surface area contributed by atoms with Crippen molar-refractivity contribution in [2.75, 3.05) is 6.54 Å². The molecule has 2 bridgehead atoms. The molecule has 4 aliphatic rings. The first kappa shape index (κ1) is 13.6. The second-order valence-corrected chi connectivity index (χ2v) is 7.34. The van der Waals surface area contributed by atoms with Crippen molar-refractivity contribution in [2.24, 2.45) is 22.4 Å². The molecule has 5 atom stereocenters. The molecule has 1 aliphatic heterocycles. The predicted octanol–water partition coefficient (Wildman–Crippen LogP) is 2.41. The van der Waals surface area contributed by atoms with E-state index in [1.54, 1.807) is 0 Å². The van der Waals surface area contributed by atoms with Gasteiger partial charge in [-0.1, -0.05) is 13.8 Å². The van der Waals surface area contributed by atoms with Crippen molar-refractivity contribution in [1.29, 1.82) is 5.53 Å². The minimum atomic E-state index is -0.433. The van der Waals surface area contributed by atoms with Gasteiger partial charge in [0.25, 0.3) is 0 Å². The lowest BCUT2D eigenvalue weighted by atomic mass is 9.43. The lowest BCUT2D eigenvalue weighted by molar-refractivity contribution is -0.199. The summed E-state index contributed by atoms with van der Waals surface area (Å²) in [6, 6.07) is 0. The Morgan fingerprint density at radius 2 is 2.21 bits per heavy atom.